The van der Waals surface area contributed by atoms with E-state index in [0.29, 0.717) is 29.6 Å². The molecule has 2 saturated heterocycles. The number of nitrogens with zero attached hydrogens (tertiary/aromatic N) is 6. The van der Waals surface area contributed by atoms with Gasteiger partial charge in [-0.1, -0.05) is 0 Å². The number of piperazine rings is 1. The Labute approximate surface area is 233 Å². The zero-order chi connectivity index (χ0) is 29.3. The Hall–Kier alpha value is -4.03. The van der Waals surface area contributed by atoms with Crippen LogP contribution in [0, 0.1) is 11.6 Å². The van der Waals surface area contributed by atoms with Gasteiger partial charge in [0.1, 0.15) is 18.2 Å². The van der Waals surface area contributed by atoms with Crippen LogP contribution >= 0.6 is 0 Å². The number of pyridine rings is 1. The number of ether oxygens (including phenoxy) is 1. The van der Waals surface area contributed by atoms with Crippen LogP contribution in [0.15, 0.2) is 36.5 Å². The summed E-state index contributed by atoms with van der Waals surface area (Å²) in [5, 5.41) is 0. The first-order valence-corrected chi connectivity index (χ1v) is 13.3. The van der Waals surface area contributed by atoms with Crippen LogP contribution in [0.1, 0.15) is 37.8 Å². The molecule has 3 aromatic rings. The molecule has 2 aliphatic rings. The van der Waals surface area contributed by atoms with E-state index in [2.05, 4.69) is 26.5 Å². The maximum Gasteiger partial charge on any atom is 0.419 e. The van der Waals surface area contributed by atoms with Gasteiger partial charge in [-0.3, -0.25) is 4.79 Å². The molecule has 1 aromatic carbocycles. The summed E-state index contributed by atoms with van der Waals surface area (Å²) >= 11 is 0. The summed E-state index contributed by atoms with van der Waals surface area (Å²) in [4.78, 5) is 29.7. The third-order valence-electron chi connectivity index (χ3n) is 7.49. The Morgan fingerprint density at radius 3 is 2.46 bits per heavy atom. The first-order valence-electron chi connectivity index (χ1n) is 13.3. The number of benzene rings is 1. The first kappa shape index (κ1) is 28.5. The van der Waals surface area contributed by atoms with E-state index >= 15 is 0 Å². The third-order valence-corrected chi connectivity index (χ3v) is 7.49. The lowest BCUT2D eigenvalue weighted by Crippen LogP contribution is -2.53. The number of alkyl halides is 3. The van der Waals surface area contributed by atoms with E-state index in [9.17, 15) is 26.7 Å². The molecule has 5 rings (SSSR count). The Balaban J connectivity index is 1.45. The van der Waals surface area contributed by atoms with Crippen LogP contribution in [0.4, 0.5) is 39.5 Å². The second-order valence-electron chi connectivity index (χ2n) is 10.3. The summed E-state index contributed by atoms with van der Waals surface area (Å²) < 4.78 is 74.2. The van der Waals surface area contributed by atoms with Crippen molar-refractivity contribution in [1.82, 2.24) is 15.0 Å². The number of hydrogen-bond donors (Lipinski definition) is 0. The summed E-state index contributed by atoms with van der Waals surface area (Å²) in [6.07, 6.45) is -1.45. The van der Waals surface area contributed by atoms with Crippen molar-refractivity contribution in [1.29, 1.82) is 0 Å². The summed E-state index contributed by atoms with van der Waals surface area (Å²) in [5.41, 5.74) is 0.0452. The molecule has 0 radical (unpaired) electrons. The molecule has 0 spiro atoms. The van der Waals surface area contributed by atoms with Crippen molar-refractivity contribution in [3.63, 3.8) is 0 Å². The van der Waals surface area contributed by atoms with Gasteiger partial charge in [-0.25, -0.2) is 18.7 Å². The Morgan fingerprint density at radius 2 is 1.80 bits per heavy atom. The zero-order valence-electron chi connectivity index (χ0n) is 22.5. The van der Waals surface area contributed by atoms with E-state index in [1.165, 1.54) is 12.3 Å². The normalized spacial score (nSPS) is 19.5. The van der Waals surface area contributed by atoms with Crippen LogP contribution in [0.5, 0.6) is 0 Å². The summed E-state index contributed by atoms with van der Waals surface area (Å²) in [6, 6.07) is 6.17. The predicted octanol–water partition coefficient (Wildman–Crippen LogP) is 5.21. The van der Waals surface area contributed by atoms with Crippen molar-refractivity contribution in [2.45, 2.75) is 51.6 Å². The van der Waals surface area contributed by atoms with Crippen molar-refractivity contribution in [3.05, 3.63) is 59.3 Å². The average molecular weight is 577 g/mol. The van der Waals surface area contributed by atoms with Crippen molar-refractivity contribution >= 4 is 24.1 Å². The molecule has 0 aliphatic carbocycles. The molecule has 8 nitrogen and oxygen atoms in total. The number of hydrogen-bond acceptors (Lipinski definition) is 8. The first-order chi connectivity index (χ1) is 19.5. The van der Waals surface area contributed by atoms with Crippen LogP contribution in [0.3, 0.4) is 0 Å². The van der Waals surface area contributed by atoms with E-state index in [-0.39, 0.29) is 49.6 Å². The second kappa shape index (κ2) is 11.5. The minimum absolute atomic E-state index is 0.134. The number of rotatable bonds is 7. The molecule has 0 unspecified atom stereocenters. The molecule has 4 heterocycles. The maximum absolute atomic E-state index is 14.1. The van der Waals surface area contributed by atoms with Gasteiger partial charge in [-0.2, -0.15) is 18.2 Å². The van der Waals surface area contributed by atoms with Gasteiger partial charge in [0.25, 0.3) is 6.47 Å². The number of aromatic nitrogens is 3. The lowest BCUT2D eigenvalue weighted by atomic mass is 10.1. The molecule has 13 heteroatoms. The van der Waals surface area contributed by atoms with Gasteiger partial charge in [0, 0.05) is 61.7 Å². The highest BCUT2D eigenvalue weighted by atomic mass is 19.4. The quantitative estimate of drug-likeness (QED) is 0.280. The monoisotopic (exact) mass is 576 g/mol. The fourth-order valence-corrected chi connectivity index (χ4v) is 5.39. The van der Waals surface area contributed by atoms with Crippen molar-refractivity contribution in [2.75, 3.05) is 40.9 Å². The molecule has 41 heavy (non-hydrogen) atoms. The van der Waals surface area contributed by atoms with Crippen LogP contribution in [-0.4, -0.2) is 59.7 Å². The molecule has 0 bridgehead atoms. The molecule has 0 saturated carbocycles. The van der Waals surface area contributed by atoms with E-state index in [1.807, 2.05) is 11.8 Å². The number of carbonyl (C=O) groups excluding carboxylic acids is 1. The molecule has 218 valence electrons. The molecule has 2 aliphatic heterocycles. The van der Waals surface area contributed by atoms with Crippen LogP contribution in [0.2, 0.25) is 0 Å². The standard InChI is InChI=1S/C28H29F5N6O2/c1-17-4-3-7-39(17)27-35-24(20-5-6-22(29)23(30)11-20)12-25(36-27)38-9-8-37(14-18(38)2)26-21(28(31,32)33)10-19(13-34-26)15-41-16-40/h5-6,10-13,16-18H,3-4,7-9,14-15H2,1-2H3/t17-,18-/m0/s1. The van der Waals surface area contributed by atoms with Gasteiger partial charge < -0.3 is 19.4 Å². The maximum atomic E-state index is 14.1. The zero-order valence-corrected chi connectivity index (χ0v) is 22.5. The molecule has 2 fully saturated rings. The van der Waals surface area contributed by atoms with Crippen molar-refractivity contribution in [3.8, 4) is 11.3 Å². The predicted molar refractivity (Wildman–Crippen MR) is 143 cm³/mol. The lowest BCUT2D eigenvalue weighted by molar-refractivity contribution is -0.137. The Morgan fingerprint density at radius 1 is 1.00 bits per heavy atom. The summed E-state index contributed by atoms with van der Waals surface area (Å²) in [6.45, 7) is 5.35. The van der Waals surface area contributed by atoms with Crippen LogP contribution in [-0.2, 0) is 22.3 Å². The van der Waals surface area contributed by atoms with Crippen molar-refractivity contribution < 1.29 is 31.5 Å². The summed E-state index contributed by atoms with van der Waals surface area (Å²) in [5.74, 6) is -1.13. The largest absolute Gasteiger partial charge is 0.463 e. The number of halogens is 5. The van der Waals surface area contributed by atoms with Gasteiger partial charge in [0.2, 0.25) is 5.95 Å². The fraction of sp³-hybridized carbons (Fsp3) is 0.429. The highest BCUT2D eigenvalue weighted by molar-refractivity contribution is 5.66. The molecule has 0 amide bonds. The van der Waals surface area contributed by atoms with E-state index in [4.69, 9.17) is 4.98 Å². The van der Waals surface area contributed by atoms with Gasteiger partial charge in [-0.05, 0) is 51.0 Å². The molecule has 2 atom stereocenters. The van der Waals surface area contributed by atoms with Gasteiger partial charge >= 0.3 is 6.18 Å². The van der Waals surface area contributed by atoms with Crippen LogP contribution < -0.4 is 14.7 Å². The number of carbonyl (C=O) groups is 1. The highest BCUT2D eigenvalue weighted by Crippen LogP contribution is 2.37. The van der Waals surface area contributed by atoms with E-state index in [1.54, 1.807) is 11.0 Å². The van der Waals surface area contributed by atoms with Gasteiger partial charge in [-0.15, -0.1) is 0 Å². The lowest BCUT2D eigenvalue weighted by Gasteiger charge is -2.42. The Bertz CT molecular complexity index is 1420. The molecular weight excluding hydrogens is 547 g/mol. The van der Waals surface area contributed by atoms with Crippen molar-refractivity contribution in [2.24, 2.45) is 0 Å². The number of anilines is 3. The minimum atomic E-state index is -4.66. The topological polar surface area (TPSA) is 74.7 Å². The Kier molecular flexibility index (Phi) is 7.96. The smallest absolute Gasteiger partial charge is 0.419 e. The van der Waals surface area contributed by atoms with Gasteiger partial charge in [0.15, 0.2) is 11.6 Å². The third kappa shape index (κ3) is 6.03. The SMILES string of the molecule is C[C@H]1CN(c2ncc(COC=O)cc2C(F)(F)F)CCN1c1cc(-c2ccc(F)c(F)c2)nc(N2CCC[C@@H]2C)n1. The van der Waals surface area contributed by atoms with E-state index in [0.717, 1.165) is 37.6 Å². The average Bonchev–Trinajstić information content (AvgIpc) is 3.38. The van der Waals surface area contributed by atoms with Crippen LogP contribution in [0.25, 0.3) is 11.3 Å². The summed E-state index contributed by atoms with van der Waals surface area (Å²) in [7, 11) is 0. The van der Waals surface area contributed by atoms with E-state index < -0.39 is 23.4 Å². The molecular formula is C28H29F5N6O2. The fourth-order valence-electron chi connectivity index (χ4n) is 5.39. The minimum Gasteiger partial charge on any atom is -0.463 e. The second-order valence-corrected chi connectivity index (χ2v) is 10.3. The molecule has 0 N–H and O–H groups in total. The van der Waals surface area contributed by atoms with Gasteiger partial charge in [0.05, 0.1) is 11.3 Å². The molecule has 2 aromatic heterocycles. The highest BCUT2D eigenvalue weighted by Gasteiger charge is 2.38.